The Hall–Kier alpha value is 0.270. The number of hydrogen-bond acceptors (Lipinski definition) is 3. The minimum Gasteiger partial charge on any atom is -0.394 e. The molecule has 12 heavy (non-hydrogen) atoms. The van der Waals surface area contributed by atoms with E-state index in [0.717, 1.165) is 19.4 Å². The van der Waals surface area contributed by atoms with Crippen LogP contribution >= 0.6 is 11.8 Å². The van der Waals surface area contributed by atoms with Gasteiger partial charge in [0.25, 0.3) is 0 Å². The van der Waals surface area contributed by atoms with Gasteiger partial charge in [-0.15, -0.1) is 0 Å². The molecule has 0 aromatic rings. The van der Waals surface area contributed by atoms with Crippen LogP contribution in [-0.4, -0.2) is 35.3 Å². The van der Waals surface area contributed by atoms with E-state index in [0.29, 0.717) is 6.61 Å². The first-order chi connectivity index (χ1) is 5.83. The monoisotopic (exact) mass is 189 g/mol. The summed E-state index contributed by atoms with van der Waals surface area (Å²) >= 11 is 1.96. The maximum absolute atomic E-state index is 9.24. The van der Waals surface area contributed by atoms with Crippen LogP contribution in [0.2, 0.25) is 0 Å². The van der Waals surface area contributed by atoms with Crippen molar-refractivity contribution in [3.8, 4) is 0 Å². The number of thioether (sulfide) groups is 1. The van der Waals surface area contributed by atoms with E-state index in [2.05, 4.69) is 12.2 Å². The van der Waals surface area contributed by atoms with E-state index >= 15 is 0 Å². The third-order valence-electron chi connectivity index (χ3n) is 2.56. The number of nitrogens with one attached hydrogen (secondary N) is 1. The molecular formula is C9H19NOS. The summed E-state index contributed by atoms with van der Waals surface area (Å²) in [5.74, 6) is 2.35. The predicted octanol–water partition coefficient (Wildman–Crippen LogP) is 1.24. The van der Waals surface area contributed by atoms with E-state index in [9.17, 15) is 5.11 Å². The average Bonchev–Trinajstić information content (AvgIpc) is 2.55. The van der Waals surface area contributed by atoms with Crippen molar-refractivity contribution in [3.05, 3.63) is 0 Å². The van der Waals surface area contributed by atoms with E-state index in [1.54, 1.807) is 0 Å². The average molecular weight is 189 g/mol. The fourth-order valence-corrected chi connectivity index (χ4v) is 2.53. The van der Waals surface area contributed by atoms with Crippen LogP contribution in [0.1, 0.15) is 26.2 Å². The summed E-state index contributed by atoms with van der Waals surface area (Å²) in [6.45, 7) is 3.56. The minimum atomic E-state index is 0.0716. The molecule has 0 amide bonds. The second-order valence-corrected chi connectivity index (χ2v) is 4.81. The topological polar surface area (TPSA) is 32.3 Å². The van der Waals surface area contributed by atoms with E-state index < -0.39 is 0 Å². The third-order valence-corrected chi connectivity index (χ3v) is 3.46. The standard InChI is InChI=1S/C9H19NOS/c1-2-12-7-5-9(8-11)4-3-6-10-9/h10-11H,2-8H2,1H3. The zero-order chi connectivity index (χ0) is 8.86. The Morgan fingerprint density at radius 1 is 1.58 bits per heavy atom. The van der Waals surface area contributed by atoms with E-state index in [1.165, 1.54) is 17.9 Å². The Morgan fingerprint density at radius 2 is 2.42 bits per heavy atom. The molecule has 1 aliphatic heterocycles. The highest BCUT2D eigenvalue weighted by atomic mass is 32.2. The van der Waals surface area contributed by atoms with Gasteiger partial charge in [-0.05, 0) is 37.3 Å². The van der Waals surface area contributed by atoms with Crippen LogP contribution in [0.3, 0.4) is 0 Å². The minimum absolute atomic E-state index is 0.0716. The van der Waals surface area contributed by atoms with Crippen molar-refractivity contribution in [2.75, 3.05) is 24.7 Å². The molecule has 0 radical (unpaired) electrons. The van der Waals surface area contributed by atoms with Crippen molar-refractivity contribution in [1.82, 2.24) is 5.32 Å². The summed E-state index contributed by atoms with van der Waals surface area (Å²) < 4.78 is 0. The first-order valence-electron chi connectivity index (χ1n) is 4.76. The molecule has 0 spiro atoms. The molecule has 1 rings (SSSR count). The van der Waals surface area contributed by atoms with Gasteiger partial charge in [0.15, 0.2) is 0 Å². The molecule has 1 heterocycles. The molecule has 2 N–H and O–H groups in total. The van der Waals surface area contributed by atoms with Gasteiger partial charge >= 0.3 is 0 Å². The summed E-state index contributed by atoms with van der Waals surface area (Å²) in [6, 6.07) is 0. The molecule has 1 unspecified atom stereocenters. The second kappa shape index (κ2) is 5.10. The van der Waals surface area contributed by atoms with Crippen LogP contribution in [0.5, 0.6) is 0 Å². The Balaban J connectivity index is 2.24. The first-order valence-corrected chi connectivity index (χ1v) is 5.92. The third kappa shape index (κ3) is 2.64. The van der Waals surface area contributed by atoms with Gasteiger partial charge in [0.05, 0.1) is 6.61 Å². The molecule has 72 valence electrons. The van der Waals surface area contributed by atoms with Gasteiger partial charge in [-0.3, -0.25) is 0 Å². The maximum Gasteiger partial charge on any atom is 0.0613 e. The Labute approximate surface area is 79.1 Å². The van der Waals surface area contributed by atoms with Gasteiger partial charge in [-0.2, -0.15) is 11.8 Å². The second-order valence-electron chi connectivity index (χ2n) is 3.42. The molecule has 1 aliphatic rings. The molecule has 0 saturated carbocycles. The summed E-state index contributed by atoms with van der Waals surface area (Å²) in [7, 11) is 0. The van der Waals surface area contributed by atoms with Crippen LogP contribution in [0.25, 0.3) is 0 Å². The summed E-state index contributed by atoms with van der Waals surface area (Å²) in [4.78, 5) is 0. The largest absolute Gasteiger partial charge is 0.394 e. The fourth-order valence-electron chi connectivity index (χ4n) is 1.71. The molecule has 2 nitrogen and oxygen atoms in total. The Morgan fingerprint density at radius 3 is 2.92 bits per heavy atom. The molecule has 0 aromatic heterocycles. The molecule has 1 fully saturated rings. The lowest BCUT2D eigenvalue weighted by Crippen LogP contribution is -2.43. The molecule has 0 aliphatic carbocycles. The number of aliphatic hydroxyl groups excluding tert-OH is 1. The maximum atomic E-state index is 9.24. The Kier molecular flexibility index (Phi) is 4.40. The quantitative estimate of drug-likeness (QED) is 0.638. The van der Waals surface area contributed by atoms with Gasteiger partial charge in [0.2, 0.25) is 0 Å². The van der Waals surface area contributed by atoms with Gasteiger partial charge < -0.3 is 10.4 Å². The highest BCUT2D eigenvalue weighted by Crippen LogP contribution is 2.24. The summed E-state index contributed by atoms with van der Waals surface area (Å²) in [6.07, 6.45) is 3.48. The zero-order valence-corrected chi connectivity index (χ0v) is 8.62. The SMILES string of the molecule is CCSCCC1(CO)CCCN1. The smallest absolute Gasteiger partial charge is 0.0613 e. The van der Waals surface area contributed by atoms with Crippen molar-refractivity contribution in [2.24, 2.45) is 0 Å². The molecule has 3 heteroatoms. The molecular weight excluding hydrogens is 170 g/mol. The van der Waals surface area contributed by atoms with E-state index in [4.69, 9.17) is 0 Å². The molecule has 0 bridgehead atoms. The van der Waals surface area contributed by atoms with Crippen molar-refractivity contribution in [3.63, 3.8) is 0 Å². The highest BCUT2D eigenvalue weighted by molar-refractivity contribution is 7.99. The van der Waals surface area contributed by atoms with Crippen LogP contribution in [0.4, 0.5) is 0 Å². The van der Waals surface area contributed by atoms with E-state index in [-0.39, 0.29) is 5.54 Å². The van der Waals surface area contributed by atoms with Crippen molar-refractivity contribution < 1.29 is 5.11 Å². The fraction of sp³-hybridized carbons (Fsp3) is 1.00. The van der Waals surface area contributed by atoms with Gasteiger partial charge in [-0.1, -0.05) is 6.92 Å². The van der Waals surface area contributed by atoms with Crippen molar-refractivity contribution in [2.45, 2.75) is 31.7 Å². The van der Waals surface area contributed by atoms with Crippen LogP contribution in [0, 0.1) is 0 Å². The van der Waals surface area contributed by atoms with Crippen molar-refractivity contribution in [1.29, 1.82) is 0 Å². The number of rotatable bonds is 5. The lowest BCUT2D eigenvalue weighted by atomic mass is 9.96. The first kappa shape index (κ1) is 10.4. The predicted molar refractivity (Wildman–Crippen MR) is 54.7 cm³/mol. The normalized spacial score (nSPS) is 29.5. The number of hydrogen-bond donors (Lipinski definition) is 2. The van der Waals surface area contributed by atoms with Crippen LogP contribution < -0.4 is 5.32 Å². The van der Waals surface area contributed by atoms with Crippen LogP contribution in [0.15, 0.2) is 0 Å². The highest BCUT2D eigenvalue weighted by Gasteiger charge is 2.31. The van der Waals surface area contributed by atoms with Gasteiger partial charge in [0, 0.05) is 5.54 Å². The summed E-state index contributed by atoms with van der Waals surface area (Å²) in [5, 5.41) is 12.7. The van der Waals surface area contributed by atoms with Crippen molar-refractivity contribution >= 4 is 11.8 Å². The lowest BCUT2D eigenvalue weighted by Gasteiger charge is -2.26. The van der Waals surface area contributed by atoms with E-state index in [1.807, 2.05) is 11.8 Å². The zero-order valence-electron chi connectivity index (χ0n) is 7.81. The molecule has 0 aromatic carbocycles. The molecule has 1 atom stereocenters. The summed E-state index contributed by atoms with van der Waals surface area (Å²) in [5.41, 5.74) is 0.0716. The Bertz CT molecular complexity index is 124. The molecule has 1 saturated heterocycles. The van der Waals surface area contributed by atoms with Gasteiger partial charge in [-0.25, -0.2) is 0 Å². The lowest BCUT2D eigenvalue weighted by molar-refractivity contribution is 0.175. The number of aliphatic hydroxyl groups is 1. The van der Waals surface area contributed by atoms with Gasteiger partial charge in [0.1, 0.15) is 0 Å². The van der Waals surface area contributed by atoms with Crippen LogP contribution in [-0.2, 0) is 0 Å².